The zero-order valence-corrected chi connectivity index (χ0v) is 18.5. The number of nitrogens with zero attached hydrogens (tertiary/aromatic N) is 1. The highest BCUT2D eigenvalue weighted by molar-refractivity contribution is 6.31. The van der Waals surface area contributed by atoms with Gasteiger partial charge in [-0.25, -0.2) is 4.79 Å². The summed E-state index contributed by atoms with van der Waals surface area (Å²) in [5.74, 6) is -0.448. The number of nitrogens with one attached hydrogen (secondary N) is 1. The summed E-state index contributed by atoms with van der Waals surface area (Å²) in [5.41, 5.74) is 0.322. The van der Waals surface area contributed by atoms with Crippen LogP contribution < -0.4 is 15.0 Å². The lowest BCUT2D eigenvalue weighted by molar-refractivity contribution is -0.132. The minimum Gasteiger partial charge on any atom is -0.476 e. The predicted molar refractivity (Wildman–Crippen MR) is 119 cm³/mol. The Labute approximate surface area is 186 Å². The summed E-state index contributed by atoms with van der Waals surface area (Å²) in [6, 6.07) is 11.6. The molecule has 2 aromatic rings. The predicted octanol–water partition coefficient (Wildman–Crippen LogP) is 4.44. The van der Waals surface area contributed by atoms with E-state index >= 15 is 0 Å². The second-order valence-electron chi connectivity index (χ2n) is 7.70. The van der Waals surface area contributed by atoms with Gasteiger partial charge in [0.05, 0.1) is 17.9 Å². The molecule has 0 radical (unpaired) electrons. The molecule has 31 heavy (non-hydrogen) atoms. The highest BCUT2D eigenvalue weighted by Crippen LogP contribution is 2.39. The van der Waals surface area contributed by atoms with Crippen LogP contribution >= 0.6 is 11.6 Å². The Balaban J connectivity index is 1.68. The lowest BCUT2D eigenvalue weighted by Gasteiger charge is -2.38. The van der Waals surface area contributed by atoms with E-state index < -0.39 is 11.6 Å². The highest BCUT2D eigenvalue weighted by atomic mass is 35.5. The Hall–Kier alpha value is -3.06. The molecule has 0 saturated heterocycles. The second kappa shape index (κ2) is 9.39. The maximum atomic E-state index is 12.9. The van der Waals surface area contributed by atoms with Crippen LogP contribution in [0.5, 0.6) is 5.75 Å². The van der Waals surface area contributed by atoms with Crippen molar-refractivity contribution in [1.82, 2.24) is 0 Å². The zero-order valence-electron chi connectivity index (χ0n) is 17.7. The minimum atomic E-state index is -1.05. The molecule has 7 nitrogen and oxygen atoms in total. The molecule has 164 valence electrons. The number of carbonyl (C=O) groups is 3. The molecular weight excluding hydrogens is 420 g/mol. The zero-order chi connectivity index (χ0) is 22.6. The first-order chi connectivity index (χ1) is 14.7. The normalized spacial score (nSPS) is 14.5. The van der Waals surface area contributed by atoms with Crippen LogP contribution in [0, 0.1) is 0 Å². The van der Waals surface area contributed by atoms with Gasteiger partial charge in [-0.2, -0.15) is 0 Å². The van der Waals surface area contributed by atoms with Gasteiger partial charge in [-0.1, -0.05) is 24.6 Å². The third-order valence-corrected chi connectivity index (χ3v) is 4.95. The molecule has 0 unspecified atom stereocenters. The van der Waals surface area contributed by atoms with Gasteiger partial charge in [0.2, 0.25) is 5.91 Å². The van der Waals surface area contributed by atoms with E-state index in [1.54, 1.807) is 56.3 Å². The van der Waals surface area contributed by atoms with Crippen LogP contribution in [0.15, 0.2) is 42.5 Å². The van der Waals surface area contributed by atoms with Crippen LogP contribution in [-0.2, 0) is 14.3 Å². The smallest absolute Gasteiger partial charge is 0.338 e. The molecular formula is C23H25ClN2O5. The van der Waals surface area contributed by atoms with Crippen molar-refractivity contribution in [3.05, 3.63) is 53.1 Å². The second-order valence-corrected chi connectivity index (χ2v) is 8.13. The Morgan fingerprint density at radius 1 is 1.19 bits per heavy atom. The summed E-state index contributed by atoms with van der Waals surface area (Å²) >= 11 is 6.09. The van der Waals surface area contributed by atoms with Gasteiger partial charge in [0, 0.05) is 23.7 Å². The van der Waals surface area contributed by atoms with Crippen molar-refractivity contribution in [2.75, 3.05) is 23.4 Å². The number of benzene rings is 2. The van der Waals surface area contributed by atoms with Crippen LogP contribution in [0.2, 0.25) is 5.02 Å². The van der Waals surface area contributed by atoms with Gasteiger partial charge in [0.15, 0.2) is 5.60 Å². The van der Waals surface area contributed by atoms with E-state index in [0.29, 0.717) is 34.3 Å². The molecule has 0 aromatic heterocycles. The van der Waals surface area contributed by atoms with E-state index in [1.807, 2.05) is 6.92 Å². The van der Waals surface area contributed by atoms with Gasteiger partial charge in [-0.05, 0) is 56.7 Å². The molecule has 8 heteroatoms. The number of carbonyl (C=O) groups excluding carboxylic acids is 3. The fourth-order valence-electron chi connectivity index (χ4n) is 3.20. The van der Waals surface area contributed by atoms with Crippen molar-refractivity contribution in [2.45, 2.75) is 39.2 Å². The molecule has 0 fully saturated rings. The molecule has 1 aliphatic heterocycles. The van der Waals surface area contributed by atoms with Gasteiger partial charge >= 0.3 is 5.97 Å². The van der Waals surface area contributed by atoms with Crippen molar-refractivity contribution in [3.8, 4) is 5.75 Å². The van der Waals surface area contributed by atoms with E-state index in [0.717, 1.165) is 6.42 Å². The first-order valence-corrected chi connectivity index (χ1v) is 10.5. The first kappa shape index (κ1) is 22.6. The number of rotatable bonds is 7. The van der Waals surface area contributed by atoms with Crippen molar-refractivity contribution in [3.63, 3.8) is 0 Å². The third kappa shape index (κ3) is 5.35. The summed E-state index contributed by atoms with van der Waals surface area (Å²) in [4.78, 5) is 38.9. The average Bonchev–Trinajstić information content (AvgIpc) is 2.73. The topological polar surface area (TPSA) is 84.9 Å². The number of fused-ring (bicyclic) bond motifs is 1. The van der Waals surface area contributed by atoms with E-state index in [2.05, 4.69) is 5.32 Å². The minimum absolute atomic E-state index is 0.0539. The van der Waals surface area contributed by atoms with Crippen molar-refractivity contribution < 1.29 is 23.9 Å². The number of anilines is 2. The first-order valence-electron chi connectivity index (χ1n) is 10.1. The number of halogens is 1. The van der Waals surface area contributed by atoms with Crippen LogP contribution in [0.25, 0.3) is 0 Å². The maximum Gasteiger partial charge on any atom is 0.338 e. The summed E-state index contributed by atoms with van der Waals surface area (Å²) in [5, 5.41) is 3.23. The summed E-state index contributed by atoms with van der Waals surface area (Å²) < 4.78 is 10.9. The number of ether oxygens (including phenoxy) is 2. The number of hydrogen-bond donors (Lipinski definition) is 1. The van der Waals surface area contributed by atoms with Gasteiger partial charge in [-0.3, -0.25) is 9.59 Å². The summed E-state index contributed by atoms with van der Waals surface area (Å²) in [6.45, 7) is 5.77. The Morgan fingerprint density at radius 3 is 2.71 bits per heavy atom. The molecule has 0 saturated carbocycles. The maximum absolute atomic E-state index is 12.9. The van der Waals surface area contributed by atoms with Crippen molar-refractivity contribution >= 4 is 40.8 Å². The molecule has 1 N–H and O–H groups in total. The molecule has 2 amide bonds. The largest absolute Gasteiger partial charge is 0.476 e. The Morgan fingerprint density at radius 2 is 1.97 bits per heavy atom. The number of amides is 2. The summed E-state index contributed by atoms with van der Waals surface area (Å²) in [6.07, 6.45) is 0.784. The van der Waals surface area contributed by atoms with E-state index in [1.165, 1.54) is 4.90 Å². The van der Waals surface area contributed by atoms with Crippen LogP contribution in [-0.4, -0.2) is 36.5 Å². The lowest BCUT2D eigenvalue weighted by Crippen LogP contribution is -2.53. The van der Waals surface area contributed by atoms with E-state index in [4.69, 9.17) is 21.1 Å². The van der Waals surface area contributed by atoms with E-state index in [-0.39, 0.29) is 24.8 Å². The molecule has 0 atom stereocenters. The van der Waals surface area contributed by atoms with Crippen LogP contribution in [0.4, 0.5) is 11.4 Å². The molecule has 3 rings (SSSR count). The monoisotopic (exact) mass is 444 g/mol. The fourth-order valence-corrected chi connectivity index (χ4v) is 3.37. The highest BCUT2D eigenvalue weighted by Gasteiger charge is 2.40. The third-order valence-electron chi connectivity index (χ3n) is 4.72. The quantitative estimate of drug-likeness (QED) is 0.638. The van der Waals surface area contributed by atoms with Crippen molar-refractivity contribution in [2.24, 2.45) is 0 Å². The molecule has 0 bridgehead atoms. The number of hydrogen-bond acceptors (Lipinski definition) is 5. The molecule has 0 spiro atoms. The standard InChI is InChI=1S/C23H25ClN2O5/c1-4-12-30-21(28)15-6-5-7-17(13-15)25-20(27)10-11-26-18-14-16(24)8-9-19(18)31-23(2,3)22(26)29/h5-9,13-14H,4,10-12H2,1-3H3,(H,25,27). The molecule has 0 aliphatic carbocycles. The van der Waals surface area contributed by atoms with Crippen LogP contribution in [0.3, 0.4) is 0 Å². The molecule has 2 aromatic carbocycles. The lowest BCUT2D eigenvalue weighted by atomic mass is 10.0. The fraction of sp³-hybridized carbons (Fsp3) is 0.348. The molecule has 1 heterocycles. The SMILES string of the molecule is CCCOC(=O)c1cccc(NC(=O)CCN2C(=O)C(C)(C)Oc3ccc(Cl)cc32)c1. The average molecular weight is 445 g/mol. The van der Waals surface area contributed by atoms with Gasteiger partial charge < -0.3 is 19.7 Å². The van der Waals surface area contributed by atoms with Gasteiger partial charge in [0.25, 0.3) is 5.91 Å². The van der Waals surface area contributed by atoms with Gasteiger partial charge in [-0.15, -0.1) is 0 Å². The van der Waals surface area contributed by atoms with Crippen LogP contribution in [0.1, 0.15) is 44.0 Å². The Bertz CT molecular complexity index is 1010. The Kier molecular flexibility index (Phi) is 6.85. The molecule has 1 aliphatic rings. The number of esters is 1. The van der Waals surface area contributed by atoms with Crippen molar-refractivity contribution in [1.29, 1.82) is 0 Å². The van der Waals surface area contributed by atoms with Gasteiger partial charge in [0.1, 0.15) is 5.75 Å². The summed E-state index contributed by atoms with van der Waals surface area (Å²) in [7, 11) is 0. The van der Waals surface area contributed by atoms with E-state index in [9.17, 15) is 14.4 Å².